The first kappa shape index (κ1) is 12.7. The summed E-state index contributed by atoms with van der Waals surface area (Å²) in [5.74, 6) is 0.546. The summed E-state index contributed by atoms with van der Waals surface area (Å²) in [5.41, 5.74) is 1.66. The Morgan fingerprint density at radius 3 is 2.88 bits per heavy atom. The highest BCUT2D eigenvalue weighted by Crippen LogP contribution is 2.23. The van der Waals surface area contributed by atoms with Gasteiger partial charge in [0, 0.05) is 29.1 Å². The van der Waals surface area contributed by atoms with Crippen molar-refractivity contribution in [2.75, 3.05) is 12.4 Å². The molecule has 2 rings (SSSR count). The van der Waals surface area contributed by atoms with Gasteiger partial charge in [-0.05, 0) is 43.5 Å². The number of amides is 1. The Labute approximate surface area is 112 Å². The van der Waals surface area contributed by atoms with Crippen LogP contribution in [-0.2, 0) is 0 Å². The standard InChI is InChI=1S/C13H15Cl2NO/c1-9-5-10(7-11(15)6-9)13(17)16-4-2-3-12(16)8-14/h5-7,12H,2-4,8H2,1H3. The van der Waals surface area contributed by atoms with Gasteiger partial charge in [0.1, 0.15) is 0 Å². The molecule has 1 aromatic rings. The Morgan fingerprint density at radius 1 is 1.47 bits per heavy atom. The average molecular weight is 272 g/mol. The first-order chi connectivity index (χ1) is 8.11. The van der Waals surface area contributed by atoms with E-state index >= 15 is 0 Å². The Morgan fingerprint density at radius 2 is 2.24 bits per heavy atom. The molecule has 1 aliphatic rings. The highest BCUT2D eigenvalue weighted by Gasteiger charge is 2.28. The lowest BCUT2D eigenvalue weighted by atomic mass is 10.1. The minimum atomic E-state index is 0.0405. The molecule has 1 unspecified atom stereocenters. The quantitative estimate of drug-likeness (QED) is 0.755. The third-order valence-electron chi connectivity index (χ3n) is 3.11. The summed E-state index contributed by atoms with van der Waals surface area (Å²) >= 11 is 11.9. The molecule has 0 aromatic heterocycles. The largest absolute Gasteiger partial charge is 0.334 e. The van der Waals surface area contributed by atoms with Gasteiger partial charge in [-0.3, -0.25) is 4.79 Å². The Hall–Kier alpha value is -0.730. The van der Waals surface area contributed by atoms with Gasteiger partial charge < -0.3 is 4.90 Å². The van der Waals surface area contributed by atoms with E-state index < -0.39 is 0 Å². The summed E-state index contributed by atoms with van der Waals surface area (Å²) < 4.78 is 0. The van der Waals surface area contributed by atoms with E-state index in [1.54, 1.807) is 6.07 Å². The van der Waals surface area contributed by atoms with Crippen molar-refractivity contribution in [3.63, 3.8) is 0 Å². The van der Waals surface area contributed by atoms with E-state index in [4.69, 9.17) is 23.2 Å². The number of likely N-dealkylation sites (tertiary alicyclic amines) is 1. The lowest BCUT2D eigenvalue weighted by Gasteiger charge is -2.23. The number of halogens is 2. The molecule has 1 fully saturated rings. The van der Waals surface area contributed by atoms with Crippen LogP contribution in [-0.4, -0.2) is 29.3 Å². The number of alkyl halides is 1. The van der Waals surface area contributed by atoms with Crippen molar-refractivity contribution in [3.05, 3.63) is 34.3 Å². The highest BCUT2D eigenvalue weighted by molar-refractivity contribution is 6.31. The smallest absolute Gasteiger partial charge is 0.254 e. The Balaban J connectivity index is 2.24. The van der Waals surface area contributed by atoms with E-state index in [1.807, 2.05) is 24.0 Å². The van der Waals surface area contributed by atoms with Gasteiger partial charge in [-0.1, -0.05) is 11.6 Å². The van der Waals surface area contributed by atoms with Crippen molar-refractivity contribution in [1.29, 1.82) is 0 Å². The number of nitrogens with zero attached hydrogens (tertiary/aromatic N) is 1. The number of aryl methyl sites for hydroxylation is 1. The Kier molecular flexibility index (Phi) is 3.95. The van der Waals surface area contributed by atoms with E-state index in [-0.39, 0.29) is 11.9 Å². The molecule has 2 nitrogen and oxygen atoms in total. The lowest BCUT2D eigenvalue weighted by Crippen LogP contribution is -2.36. The second-order valence-corrected chi connectivity index (χ2v) is 5.21. The first-order valence-corrected chi connectivity index (χ1v) is 6.67. The van der Waals surface area contributed by atoms with E-state index in [1.165, 1.54) is 0 Å². The minimum Gasteiger partial charge on any atom is -0.334 e. The van der Waals surface area contributed by atoms with Gasteiger partial charge in [0.2, 0.25) is 0 Å². The Bertz CT molecular complexity index is 413. The molecule has 1 aliphatic heterocycles. The molecule has 0 bridgehead atoms. The summed E-state index contributed by atoms with van der Waals surface area (Å²) in [5, 5.41) is 0.606. The molecule has 1 heterocycles. The molecule has 0 aliphatic carbocycles. The SMILES string of the molecule is Cc1cc(Cl)cc(C(=O)N2CCCC2CCl)c1. The predicted molar refractivity (Wildman–Crippen MR) is 71.0 cm³/mol. The fourth-order valence-electron chi connectivity index (χ4n) is 2.29. The van der Waals surface area contributed by atoms with Crippen LogP contribution in [0.2, 0.25) is 5.02 Å². The number of hydrogen-bond donors (Lipinski definition) is 0. The lowest BCUT2D eigenvalue weighted by molar-refractivity contribution is 0.0749. The number of benzene rings is 1. The summed E-state index contributed by atoms with van der Waals surface area (Å²) in [6.07, 6.45) is 2.03. The zero-order valence-corrected chi connectivity index (χ0v) is 11.3. The van der Waals surface area contributed by atoms with E-state index in [2.05, 4.69) is 0 Å². The maximum atomic E-state index is 12.3. The summed E-state index contributed by atoms with van der Waals surface area (Å²) in [4.78, 5) is 14.2. The fourth-order valence-corrected chi connectivity index (χ4v) is 2.90. The summed E-state index contributed by atoms with van der Waals surface area (Å²) in [6, 6.07) is 5.61. The van der Waals surface area contributed by atoms with Crippen molar-refractivity contribution >= 4 is 29.1 Å². The van der Waals surface area contributed by atoms with Crippen LogP contribution in [0.15, 0.2) is 18.2 Å². The molecular formula is C13H15Cl2NO. The number of carbonyl (C=O) groups excluding carboxylic acids is 1. The minimum absolute atomic E-state index is 0.0405. The number of carbonyl (C=O) groups is 1. The van der Waals surface area contributed by atoms with Crippen molar-refractivity contribution < 1.29 is 4.79 Å². The van der Waals surface area contributed by atoms with Crippen LogP contribution >= 0.6 is 23.2 Å². The zero-order chi connectivity index (χ0) is 12.4. The second-order valence-electron chi connectivity index (χ2n) is 4.47. The van der Waals surface area contributed by atoms with E-state index in [0.29, 0.717) is 16.5 Å². The molecule has 1 amide bonds. The van der Waals surface area contributed by atoms with Crippen molar-refractivity contribution in [2.24, 2.45) is 0 Å². The van der Waals surface area contributed by atoms with Crippen LogP contribution in [0, 0.1) is 6.92 Å². The van der Waals surface area contributed by atoms with Crippen molar-refractivity contribution in [2.45, 2.75) is 25.8 Å². The van der Waals surface area contributed by atoms with Gasteiger partial charge in [0.15, 0.2) is 0 Å². The van der Waals surface area contributed by atoms with Crippen LogP contribution < -0.4 is 0 Å². The van der Waals surface area contributed by atoms with E-state index in [9.17, 15) is 4.79 Å². The third kappa shape index (κ3) is 2.75. The second kappa shape index (κ2) is 5.28. The molecule has 1 aromatic carbocycles. The predicted octanol–water partition coefficient (Wildman–Crippen LogP) is 3.49. The number of rotatable bonds is 2. The van der Waals surface area contributed by atoms with Crippen molar-refractivity contribution in [3.8, 4) is 0 Å². The molecule has 92 valence electrons. The molecule has 0 N–H and O–H groups in total. The van der Waals surface area contributed by atoms with Gasteiger partial charge >= 0.3 is 0 Å². The molecule has 0 spiro atoms. The third-order valence-corrected chi connectivity index (χ3v) is 3.68. The van der Waals surface area contributed by atoms with Crippen molar-refractivity contribution in [1.82, 2.24) is 4.90 Å². The molecule has 0 saturated carbocycles. The molecule has 17 heavy (non-hydrogen) atoms. The maximum absolute atomic E-state index is 12.3. The zero-order valence-electron chi connectivity index (χ0n) is 9.75. The first-order valence-electron chi connectivity index (χ1n) is 5.76. The van der Waals surface area contributed by atoms with Crippen LogP contribution in [0.4, 0.5) is 0 Å². The van der Waals surface area contributed by atoms with Gasteiger partial charge in [-0.25, -0.2) is 0 Å². The fraction of sp³-hybridized carbons (Fsp3) is 0.462. The molecule has 1 atom stereocenters. The monoisotopic (exact) mass is 271 g/mol. The van der Waals surface area contributed by atoms with E-state index in [0.717, 1.165) is 24.9 Å². The van der Waals surface area contributed by atoms with Gasteiger partial charge in [0.05, 0.1) is 0 Å². The van der Waals surface area contributed by atoms with Crippen LogP contribution in [0.3, 0.4) is 0 Å². The van der Waals surface area contributed by atoms with Gasteiger partial charge in [-0.15, -0.1) is 11.6 Å². The molecule has 4 heteroatoms. The van der Waals surface area contributed by atoms with Crippen LogP contribution in [0.5, 0.6) is 0 Å². The topological polar surface area (TPSA) is 20.3 Å². The molecule has 0 radical (unpaired) electrons. The number of hydrogen-bond acceptors (Lipinski definition) is 1. The normalized spacial score (nSPS) is 19.7. The molecule has 1 saturated heterocycles. The summed E-state index contributed by atoms with van der Waals surface area (Å²) in [7, 11) is 0. The highest BCUT2D eigenvalue weighted by atomic mass is 35.5. The maximum Gasteiger partial charge on any atom is 0.254 e. The van der Waals surface area contributed by atoms with Gasteiger partial charge in [-0.2, -0.15) is 0 Å². The van der Waals surface area contributed by atoms with Gasteiger partial charge in [0.25, 0.3) is 5.91 Å². The molecular weight excluding hydrogens is 257 g/mol. The summed E-state index contributed by atoms with van der Waals surface area (Å²) in [6.45, 7) is 2.73. The average Bonchev–Trinajstić information content (AvgIpc) is 2.74. The van der Waals surface area contributed by atoms with Crippen LogP contribution in [0.25, 0.3) is 0 Å². The van der Waals surface area contributed by atoms with Crippen LogP contribution in [0.1, 0.15) is 28.8 Å².